The summed E-state index contributed by atoms with van der Waals surface area (Å²) in [7, 11) is 0. The average molecular weight is 332 g/mol. The molecule has 0 atom stereocenters. The van der Waals surface area contributed by atoms with Crippen molar-refractivity contribution in [3.05, 3.63) is 34.2 Å². The summed E-state index contributed by atoms with van der Waals surface area (Å²) in [4.78, 5) is 16.6. The molecule has 1 aromatic carbocycles. The highest BCUT2D eigenvalue weighted by Crippen LogP contribution is 2.34. The molecule has 5 heteroatoms. The zero-order chi connectivity index (χ0) is 16.8. The number of hydrogen-bond donors (Lipinski definition) is 1. The fourth-order valence-electron chi connectivity index (χ4n) is 2.34. The summed E-state index contributed by atoms with van der Waals surface area (Å²) in [5, 5.41) is 1.10. The van der Waals surface area contributed by atoms with E-state index in [0.29, 0.717) is 18.9 Å². The number of carbonyl (C=O) groups is 1. The number of unbranched alkanes of at least 4 members (excludes halogenated alkanes) is 1. The number of rotatable bonds is 8. The zero-order valence-corrected chi connectivity index (χ0v) is 14.8. The van der Waals surface area contributed by atoms with E-state index in [1.165, 1.54) is 4.88 Å². The minimum absolute atomic E-state index is 0.256. The smallest absolute Gasteiger partial charge is 0.217 e. The molecule has 0 saturated heterocycles. The van der Waals surface area contributed by atoms with Gasteiger partial charge < -0.3 is 10.5 Å². The van der Waals surface area contributed by atoms with Crippen LogP contribution < -0.4 is 10.5 Å². The van der Waals surface area contributed by atoms with E-state index in [2.05, 4.69) is 31.0 Å². The fraction of sp³-hybridized carbons (Fsp3) is 0.444. The highest BCUT2D eigenvalue weighted by molar-refractivity contribution is 7.12. The van der Waals surface area contributed by atoms with Gasteiger partial charge in [-0.15, -0.1) is 11.3 Å². The van der Waals surface area contributed by atoms with Gasteiger partial charge >= 0.3 is 0 Å². The van der Waals surface area contributed by atoms with Gasteiger partial charge in [0.15, 0.2) is 0 Å². The summed E-state index contributed by atoms with van der Waals surface area (Å²) in [6.07, 6.45) is 2.01. The van der Waals surface area contributed by atoms with Crippen molar-refractivity contribution in [2.45, 2.75) is 46.0 Å². The molecular formula is C18H24N2O2S. The first kappa shape index (κ1) is 17.5. The zero-order valence-electron chi connectivity index (χ0n) is 14.0. The molecule has 1 heterocycles. The van der Waals surface area contributed by atoms with Gasteiger partial charge in [-0.1, -0.05) is 13.8 Å². The minimum Gasteiger partial charge on any atom is -0.494 e. The van der Waals surface area contributed by atoms with Crippen LogP contribution in [0.3, 0.4) is 0 Å². The lowest BCUT2D eigenvalue weighted by molar-refractivity contribution is -0.118. The Morgan fingerprint density at radius 1 is 1.26 bits per heavy atom. The first-order valence-electron chi connectivity index (χ1n) is 7.96. The molecule has 1 aromatic heterocycles. The van der Waals surface area contributed by atoms with Crippen LogP contribution in [0.2, 0.25) is 0 Å². The molecule has 2 rings (SSSR count). The number of primary amides is 1. The summed E-state index contributed by atoms with van der Waals surface area (Å²) < 4.78 is 5.69. The maximum absolute atomic E-state index is 10.7. The predicted octanol–water partition coefficient (Wildman–Crippen LogP) is 4.28. The molecule has 0 aliphatic rings. The van der Waals surface area contributed by atoms with Crippen LogP contribution in [0.1, 0.15) is 48.9 Å². The first-order valence-corrected chi connectivity index (χ1v) is 8.78. The van der Waals surface area contributed by atoms with Crippen LogP contribution in [0.4, 0.5) is 0 Å². The Kier molecular flexibility index (Phi) is 6.16. The average Bonchev–Trinajstić information content (AvgIpc) is 2.89. The number of aryl methyl sites for hydroxylation is 1. The molecule has 2 aromatic rings. The van der Waals surface area contributed by atoms with Crippen molar-refractivity contribution in [2.75, 3.05) is 6.61 Å². The van der Waals surface area contributed by atoms with Crippen molar-refractivity contribution in [3.63, 3.8) is 0 Å². The van der Waals surface area contributed by atoms with E-state index >= 15 is 0 Å². The SMILES string of the molecule is Cc1nc(-c2ccc(OCCCCC(N)=O)cc2)c(C(C)C)s1. The maximum atomic E-state index is 10.7. The Labute approximate surface area is 141 Å². The number of thiazole rings is 1. The van der Waals surface area contributed by atoms with Crippen molar-refractivity contribution in [1.29, 1.82) is 0 Å². The van der Waals surface area contributed by atoms with Crippen molar-refractivity contribution < 1.29 is 9.53 Å². The largest absolute Gasteiger partial charge is 0.494 e. The molecule has 0 aliphatic heterocycles. The van der Waals surface area contributed by atoms with Crippen molar-refractivity contribution in [1.82, 2.24) is 4.98 Å². The van der Waals surface area contributed by atoms with Crippen molar-refractivity contribution in [3.8, 4) is 17.0 Å². The highest BCUT2D eigenvalue weighted by Gasteiger charge is 2.14. The molecule has 23 heavy (non-hydrogen) atoms. The van der Waals surface area contributed by atoms with Gasteiger partial charge in [-0.3, -0.25) is 4.79 Å². The second kappa shape index (κ2) is 8.11. The monoisotopic (exact) mass is 332 g/mol. The van der Waals surface area contributed by atoms with Crippen LogP contribution in [0, 0.1) is 6.92 Å². The van der Waals surface area contributed by atoms with Crippen LogP contribution in [0.5, 0.6) is 5.75 Å². The third-order valence-corrected chi connectivity index (χ3v) is 4.77. The highest BCUT2D eigenvalue weighted by atomic mass is 32.1. The van der Waals surface area contributed by atoms with Gasteiger partial charge in [0, 0.05) is 16.9 Å². The second-order valence-electron chi connectivity index (χ2n) is 5.90. The van der Waals surface area contributed by atoms with E-state index in [9.17, 15) is 4.79 Å². The Balaban J connectivity index is 1.96. The quantitative estimate of drug-likeness (QED) is 0.734. The van der Waals surface area contributed by atoms with E-state index in [0.717, 1.165) is 34.9 Å². The molecule has 0 aliphatic carbocycles. The van der Waals surface area contributed by atoms with Crippen LogP contribution in [0.15, 0.2) is 24.3 Å². The summed E-state index contributed by atoms with van der Waals surface area (Å²) in [6.45, 7) is 7.03. The van der Waals surface area contributed by atoms with E-state index in [-0.39, 0.29) is 5.91 Å². The summed E-state index contributed by atoms with van der Waals surface area (Å²) in [5.41, 5.74) is 7.31. The van der Waals surface area contributed by atoms with Crippen LogP contribution in [-0.4, -0.2) is 17.5 Å². The van der Waals surface area contributed by atoms with E-state index in [1.807, 2.05) is 19.1 Å². The van der Waals surface area contributed by atoms with Gasteiger partial charge in [-0.05, 0) is 49.9 Å². The van der Waals surface area contributed by atoms with E-state index in [4.69, 9.17) is 10.5 Å². The topological polar surface area (TPSA) is 65.2 Å². The summed E-state index contributed by atoms with van der Waals surface area (Å²) in [5.74, 6) is 1.05. The predicted molar refractivity (Wildman–Crippen MR) is 94.9 cm³/mol. The van der Waals surface area contributed by atoms with Gasteiger partial charge in [-0.2, -0.15) is 0 Å². The Bertz CT molecular complexity index is 648. The summed E-state index contributed by atoms with van der Waals surface area (Å²) in [6, 6.07) is 8.06. The molecule has 0 spiro atoms. The van der Waals surface area contributed by atoms with E-state index < -0.39 is 0 Å². The van der Waals surface area contributed by atoms with Gasteiger partial charge in [-0.25, -0.2) is 4.98 Å². The molecule has 0 unspecified atom stereocenters. The molecule has 0 fully saturated rings. The van der Waals surface area contributed by atoms with Gasteiger partial charge in [0.25, 0.3) is 0 Å². The van der Waals surface area contributed by atoms with Gasteiger partial charge in [0.05, 0.1) is 17.3 Å². The fourth-order valence-corrected chi connectivity index (χ4v) is 3.29. The molecule has 0 radical (unpaired) electrons. The normalized spacial score (nSPS) is 11.0. The lowest BCUT2D eigenvalue weighted by Crippen LogP contribution is -2.10. The number of amides is 1. The number of nitrogens with two attached hydrogens (primary N) is 1. The minimum atomic E-state index is -0.256. The number of carbonyl (C=O) groups excluding carboxylic acids is 1. The van der Waals surface area contributed by atoms with Crippen LogP contribution >= 0.6 is 11.3 Å². The van der Waals surface area contributed by atoms with Crippen molar-refractivity contribution in [2.24, 2.45) is 5.73 Å². The Morgan fingerprint density at radius 2 is 1.96 bits per heavy atom. The number of aromatic nitrogens is 1. The third-order valence-electron chi connectivity index (χ3n) is 3.50. The molecule has 2 N–H and O–H groups in total. The van der Waals surface area contributed by atoms with Crippen LogP contribution in [0.25, 0.3) is 11.3 Å². The number of benzene rings is 1. The number of hydrogen-bond acceptors (Lipinski definition) is 4. The van der Waals surface area contributed by atoms with Crippen LogP contribution in [-0.2, 0) is 4.79 Å². The lowest BCUT2D eigenvalue weighted by atomic mass is 10.1. The van der Waals surface area contributed by atoms with Gasteiger partial charge in [0.2, 0.25) is 5.91 Å². The Hall–Kier alpha value is -1.88. The van der Waals surface area contributed by atoms with E-state index in [1.54, 1.807) is 11.3 Å². The maximum Gasteiger partial charge on any atom is 0.217 e. The number of nitrogens with zero attached hydrogens (tertiary/aromatic N) is 1. The number of ether oxygens (including phenoxy) is 1. The molecule has 124 valence electrons. The Morgan fingerprint density at radius 3 is 2.57 bits per heavy atom. The third kappa shape index (κ3) is 5.06. The van der Waals surface area contributed by atoms with Crippen molar-refractivity contribution >= 4 is 17.2 Å². The molecule has 0 bridgehead atoms. The standard InChI is InChI=1S/C18H24N2O2S/c1-12(2)18-17(20-13(3)23-18)14-7-9-15(10-8-14)22-11-5-4-6-16(19)21/h7-10,12H,4-6,11H2,1-3H3,(H2,19,21). The first-order chi connectivity index (χ1) is 11.0. The second-order valence-corrected chi connectivity index (χ2v) is 7.13. The lowest BCUT2D eigenvalue weighted by Gasteiger charge is -2.08. The molecular weight excluding hydrogens is 308 g/mol. The van der Waals surface area contributed by atoms with Gasteiger partial charge in [0.1, 0.15) is 5.75 Å². The molecule has 0 saturated carbocycles. The molecule has 4 nitrogen and oxygen atoms in total. The molecule has 1 amide bonds. The summed E-state index contributed by atoms with van der Waals surface area (Å²) >= 11 is 1.76.